The molecule has 0 atom stereocenters. The van der Waals surface area contributed by atoms with Gasteiger partial charge in [0.15, 0.2) is 0 Å². The van der Waals surface area contributed by atoms with E-state index >= 15 is 0 Å². The number of carbonyl (C=O) groups excluding carboxylic acids is 1. The van der Waals surface area contributed by atoms with Crippen molar-refractivity contribution in [2.24, 2.45) is 0 Å². The van der Waals surface area contributed by atoms with Crippen LogP contribution in [0.15, 0.2) is 0 Å². The first kappa shape index (κ1) is 17.6. The summed E-state index contributed by atoms with van der Waals surface area (Å²) in [6, 6.07) is 0. The minimum Gasteiger partial charge on any atom is -0.475 e. The Balaban J connectivity index is 0.000000399. The SMILES string of the molecule is CN(C)CC(=O)N1CCNCC1.O=C(O)C(F)(F)F. The molecule has 2 N–H and O–H groups in total. The lowest BCUT2D eigenvalue weighted by Crippen LogP contribution is -2.48. The number of carbonyl (C=O) groups is 2. The highest BCUT2D eigenvalue weighted by Gasteiger charge is 2.38. The zero-order valence-corrected chi connectivity index (χ0v) is 10.8. The third-order valence-corrected chi connectivity index (χ3v) is 2.16. The van der Waals surface area contributed by atoms with Crippen LogP contribution >= 0.6 is 0 Å². The minimum absolute atomic E-state index is 0.238. The highest BCUT2D eigenvalue weighted by molar-refractivity contribution is 5.78. The summed E-state index contributed by atoms with van der Waals surface area (Å²) in [6.45, 7) is 4.09. The van der Waals surface area contributed by atoms with Gasteiger partial charge in [-0.05, 0) is 14.1 Å². The Morgan fingerprint density at radius 3 is 2.00 bits per heavy atom. The van der Waals surface area contributed by atoms with Gasteiger partial charge in [-0.2, -0.15) is 13.2 Å². The molecule has 0 aromatic heterocycles. The van der Waals surface area contributed by atoms with E-state index in [2.05, 4.69) is 5.32 Å². The smallest absolute Gasteiger partial charge is 0.475 e. The van der Waals surface area contributed by atoms with Gasteiger partial charge in [0.05, 0.1) is 6.54 Å². The average Bonchev–Trinajstić information content (AvgIpc) is 2.28. The second-order valence-electron chi connectivity index (χ2n) is 4.17. The van der Waals surface area contributed by atoms with Gasteiger partial charge in [-0.15, -0.1) is 0 Å². The normalized spacial score (nSPS) is 15.8. The van der Waals surface area contributed by atoms with Crippen molar-refractivity contribution >= 4 is 11.9 Å². The van der Waals surface area contributed by atoms with Crippen molar-refractivity contribution in [2.45, 2.75) is 6.18 Å². The molecule has 0 spiro atoms. The molecule has 1 aliphatic rings. The summed E-state index contributed by atoms with van der Waals surface area (Å²) in [7, 11) is 3.83. The van der Waals surface area contributed by atoms with E-state index < -0.39 is 12.1 Å². The van der Waals surface area contributed by atoms with E-state index in [0.29, 0.717) is 6.54 Å². The Hall–Kier alpha value is -1.35. The number of nitrogens with one attached hydrogen (secondary N) is 1. The molecule has 0 aromatic carbocycles. The Morgan fingerprint density at radius 2 is 1.68 bits per heavy atom. The molecule has 1 aliphatic heterocycles. The quantitative estimate of drug-likeness (QED) is 0.723. The second kappa shape index (κ2) is 7.95. The van der Waals surface area contributed by atoms with Crippen molar-refractivity contribution in [3.8, 4) is 0 Å². The number of rotatable bonds is 2. The van der Waals surface area contributed by atoms with Gasteiger partial charge in [0.1, 0.15) is 0 Å². The number of carboxylic acids is 1. The molecule has 0 bridgehead atoms. The standard InChI is InChI=1S/C8H17N3O.C2HF3O2/c1-10(2)7-8(12)11-5-3-9-4-6-11;3-2(4,5)1(6)7/h9H,3-7H2,1-2H3;(H,6,7). The lowest BCUT2D eigenvalue weighted by molar-refractivity contribution is -0.192. The third-order valence-electron chi connectivity index (χ3n) is 2.16. The van der Waals surface area contributed by atoms with Gasteiger partial charge in [0.2, 0.25) is 5.91 Å². The molecular weight excluding hydrogens is 267 g/mol. The maximum atomic E-state index is 11.5. The lowest BCUT2D eigenvalue weighted by Gasteiger charge is -2.28. The zero-order valence-electron chi connectivity index (χ0n) is 10.8. The fourth-order valence-electron chi connectivity index (χ4n) is 1.28. The van der Waals surface area contributed by atoms with Crippen LogP contribution in [-0.4, -0.2) is 79.8 Å². The Kier molecular flexibility index (Phi) is 7.38. The maximum Gasteiger partial charge on any atom is 0.490 e. The molecule has 0 aliphatic carbocycles. The molecule has 1 amide bonds. The van der Waals surface area contributed by atoms with Crippen LogP contribution in [0.3, 0.4) is 0 Å². The summed E-state index contributed by atoms with van der Waals surface area (Å²) in [6.07, 6.45) is -5.08. The Bertz CT molecular complexity index is 302. The van der Waals surface area contributed by atoms with Crippen molar-refractivity contribution in [1.82, 2.24) is 15.1 Å². The maximum absolute atomic E-state index is 11.5. The number of alkyl halides is 3. The predicted molar refractivity (Wildman–Crippen MR) is 61.7 cm³/mol. The van der Waals surface area contributed by atoms with E-state index in [1.54, 1.807) is 0 Å². The summed E-state index contributed by atoms with van der Waals surface area (Å²) in [4.78, 5) is 24.2. The van der Waals surface area contributed by atoms with Crippen molar-refractivity contribution in [3.05, 3.63) is 0 Å². The van der Waals surface area contributed by atoms with E-state index in [1.165, 1.54) is 0 Å². The van der Waals surface area contributed by atoms with Gasteiger partial charge in [-0.3, -0.25) is 4.79 Å². The summed E-state index contributed by atoms with van der Waals surface area (Å²) < 4.78 is 31.7. The fourth-order valence-corrected chi connectivity index (χ4v) is 1.28. The number of likely N-dealkylation sites (N-methyl/N-ethyl adjacent to an activating group) is 1. The molecule has 6 nitrogen and oxygen atoms in total. The van der Waals surface area contributed by atoms with Crippen LogP contribution in [0.25, 0.3) is 0 Å². The molecule has 0 aromatic rings. The molecular formula is C10H18F3N3O3. The van der Waals surface area contributed by atoms with Gasteiger partial charge in [0.25, 0.3) is 0 Å². The van der Waals surface area contributed by atoms with Crippen molar-refractivity contribution in [1.29, 1.82) is 0 Å². The van der Waals surface area contributed by atoms with Gasteiger partial charge in [0, 0.05) is 26.2 Å². The summed E-state index contributed by atoms with van der Waals surface area (Å²) >= 11 is 0. The van der Waals surface area contributed by atoms with E-state index in [1.807, 2.05) is 23.9 Å². The highest BCUT2D eigenvalue weighted by Crippen LogP contribution is 2.13. The van der Waals surface area contributed by atoms with Crippen LogP contribution < -0.4 is 5.32 Å². The number of aliphatic carboxylic acids is 1. The molecule has 1 heterocycles. The summed E-state index contributed by atoms with van der Waals surface area (Å²) in [5.41, 5.74) is 0. The summed E-state index contributed by atoms with van der Waals surface area (Å²) in [5.74, 6) is -2.52. The van der Waals surface area contributed by atoms with Crippen LogP contribution in [-0.2, 0) is 9.59 Å². The highest BCUT2D eigenvalue weighted by atomic mass is 19.4. The molecule has 1 fully saturated rings. The van der Waals surface area contributed by atoms with Gasteiger partial charge >= 0.3 is 12.1 Å². The van der Waals surface area contributed by atoms with E-state index in [0.717, 1.165) is 26.2 Å². The third kappa shape index (κ3) is 8.38. The number of hydrogen-bond donors (Lipinski definition) is 2. The topological polar surface area (TPSA) is 72.9 Å². The number of nitrogens with zero attached hydrogens (tertiary/aromatic N) is 2. The van der Waals surface area contributed by atoms with Gasteiger partial charge in [-0.25, -0.2) is 4.79 Å². The van der Waals surface area contributed by atoms with Crippen LogP contribution in [0.1, 0.15) is 0 Å². The van der Waals surface area contributed by atoms with Crippen molar-refractivity contribution in [3.63, 3.8) is 0 Å². The molecule has 0 saturated carbocycles. The van der Waals surface area contributed by atoms with Gasteiger partial charge < -0.3 is 20.2 Å². The van der Waals surface area contributed by atoms with E-state index in [4.69, 9.17) is 9.90 Å². The number of amides is 1. The van der Waals surface area contributed by atoms with Crippen molar-refractivity contribution < 1.29 is 27.9 Å². The molecule has 9 heteroatoms. The fraction of sp³-hybridized carbons (Fsp3) is 0.800. The first-order valence-corrected chi connectivity index (χ1v) is 5.58. The number of hydrogen-bond acceptors (Lipinski definition) is 4. The number of piperazine rings is 1. The van der Waals surface area contributed by atoms with E-state index in [-0.39, 0.29) is 5.91 Å². The molecule has 0 unspecified atom stereocenters. The molecule has 19 heavy (non-hydrogen) atoms. The largest absolute Gasteiger partial charge is 0.490 e. The zero-order chi connectivity index (χ0) is 15.1. The second-order valence-corrected chi connectivity index (χ2v) is 4.17. The first-order chi connectivity index (χ1) is 8.64. The van der Waals surface area contributed by atoms with Crippen LogP contribution in [0.5, 0.6) is 0 Å². The Labute approximate surface area is 109 Å². The molecule has 1 saturated heterocycles. The molecule has 0 radical (unpaired) electrons. The molecule has 112 valence electrons. The minimum atomic E-state index is -5.08. The van der Waals surface area contributed by atoms with Crippen molar-refractivity contribution in [2.75, 3.05) is 46.8 Å². The van der Waals surface area contributed by atoms with Crippen LogP contribution in [0.4, 0.5) is 13.2 Å². The average molecular weight is 285 g/mol. The summed E-state index contributed by atoms with van der Waals surface area (Å²) in [5, 5.41) is 10.3. The van der Waals surface area contributed by atoms with Gasteiger partial charge in [-0.1, -0.05) is 0 Å². The van der Waals surface area contributed by atoms with Crippen LogP contribution in [0.2, 0.25) is 0 Å². The molecule has 1 rings (SSSR count). The number of carboxylic acid groups (broad SMARTS) is 1. The monoisotopic (exact) mass is 285 g/mol. The van der Waals surface area contributed by atoms with Crippen LogP contribution in [0, 0.1) is 0 Å². The van der Waals surface area contributed by atoms with E-state index in [9.17, 15) is 18.0 Å². The number of halogens is 3. The lowest BCUT2D eigenvalue weighted by atomic mass is 10.3. The Morgan fingerprint density at radius 1 is 1.26 bits per heavy atom. The first-order valence-electron chi connectivity index (χ1n) is 5.58. The predicted octanol–water partition coefficient (Wildman–Crippen LogP) is -0.387.